The molecule has 0 heterocycles. The molecule has 0 N–H and O–H groups in total. The molecule has 0 spiro atoms. The summed E-state index contributed by atoms with van der Waals surface area (Å²) in [7, 11) is 0. The van der Waals surface area contributed by atoms with E-state index in [1.165, 1.54) is 44.9 Å². The van der Waals surface area contributed by atoms with Crippen molar-refractivity contribution < 1.29 is 0 Å². The van der Waals surface area contributed by atoms with E-state index in [4.69, 9.17) is 0 Å². The first kappa shape index (κ1) is 16.0. The summed E-state index contributed by atoms with van der Waals surface area (Å²) in [4.78, 5) is 0. The Morgan fingerprint density at radius 2 is 1.96 bits per heavy atom. The summed E-state index contributed by atoms with van der Waals surface area (Å²) in [6.45, 7) is 12.7. The van der Waals surface area contributed by atoms with Crippen molar-refractivity contribution in [2.75, 3.05) is 0 Å². The molecule has 7 atom stereocenters. The van der Waals surface area contributed by atoms with Crippen LogP contribution in [0.25, 0.3) is 0 Å². The van der Waals surface area contributed by atoms with Crippen LogP contribution in [-0.4, -0.2) is 0 Å². The maximum absolute atomic E-state index is 2.73. The van der Waals surface area contributed by atoms with Crippen LogP contribution in [0, 0.1) is 40.4 Å². The molecule has 4 aliphatic rings. The molecule has 0 nitrogen and oxygen atoms in total. The Morgan fingerprint density at radius 1 is 1.17 bits per heavy atom. The zero-order valence-electron chi connectivity index (χ0n) is 16.0. The van der Waals surface area contributed by atoms with Gasteiger partial charge in [-0.15, -0.1) is 0 Å². The van der Waals surface area contributed by atoms with E-state index < -0.39 is 0 Å². The van der Waals surface area contributed by atoms with Gasteiger partial charge >= 0.3 is 0 Å². The molecule has 23 heavy (non-hydrogen) atoms. The van der Waals surface area contributed by atoms with Gasteiger partial charge in [0.15, 0.2) is 0 Å². The predicted molar refractivity (Wildman–Crippen MR) is 99.2 cm³/mol. The molecule has 0 aromatic rings. The van der Waals surface area contributed by atoms with Gasteiger partial charge in [-0.1, -0.05) is 51.8 Å². The predicted octanol–water partition coefficient (Wildman–Crippen LogP) is 6.78. The molecule has 0 aromatic carbocycles. The number of hydrogen-bond acceptors (Lipinski definition) is 0. The minimum Gasteiger partial charge on any atom is -0.0805 e. The summed E-state index contributed by atoms with van der Waals surface area (Å²) < 4.78 is 0. The van der Waals surface area contributed by atoms with Gasteiger partial charge in [-0.05, 0) is 91.4 Å². The van der Waals surface area contributed by atoms with E-state index in [9.17, 15) is 0 Å². The summed E-state index contributed by atoms with van der Waals surface area (Å²) in [6, 6.07) is 0. The van der Waals surface area contributed by atoms with Crippen LogP contribution >= 0.6 is 0 Å². The third kappa shape index (κ3) is 2.02. The number of allylic oxidation sites excluding steroid dienone is 4. The molecule has 0 saturated heterocycles. The number of hydrogen-bond donors (Lipinski definition) is 0. The monoisotopic (exact) mass is 312 g/mol. The first-order chi connectivity index (χ1) is 10.9. The van der Waals surface area contributed by atoms with E-state index in [0.29, 0.717) is 10.8 Å². The minimum absolute atomic E-state index is 0.483. The summed E-state index contributed by atoms with van der Waals surface area (Å²) in [5.41, 5.74) is 4.45. The molecule has 0 aromatic heterocycles. The lowest BCUT2D eigenvalue weighted by Crippen LogP contribution is -2.49. The topological polar surface area (TPSA) is 0 Å². The molecule has 0 unspecified atom stereocenters. The fourth-order valence-corrected chi connectivity index (χ4v) is 7.97. The van der Waals surface area contributed by atoms with E-state index in [1.54, 1.807) is 11.1 Å². The fourth-order valence-electron chi connectivity index (χ4n) is 7.97. The molecule has 0 aliphatic heterocycles. The van der Waals surface area contributed by atoms with Gasteiger partial charge in [-0.3, -0.25) is 0 Å². The van der Waals surface area contributed by atoms with Crippen molar-refractivity contribution in [2.45, 2.75) is 79.6 Å². The van der Waals surface area contributed by atoms with Gasteiger partial charge in [-0.2, -0.15) is 0 Å². The molecule has 0 heteroatoms. The Morgan fingerprint density at radius 3 is 2.70 bits per heavy atom. The van der Waals surface area contributed by atoms with Gasteiger partial charge in [0, 0.05) is 0 Å². The summed E-state index contributed by atoms with van der Waals surface area (Å²) >= 11 is 0. The van der Waals surface area contributed by atoms with Crippen molar-refractivity contribution in [3.05, 3.63) is 23.3 Å². The van der Waals surface area contributed by atoms with Crippen LogP contribution in [0.4, 0.5) is 0 Å². The Labute approximate surface area is 143 Å². The van der Waals surface area contributed by atoms with Crippen molar-refractivity contribution in [2.24, 2.45) is 40.4 Å². The first-order valence-corrected chi connectivity index (χ1v) is 10.3. The molecule has 2 fully saturated rings. The molecule has 4 rings (SSSR count). The van der Waals surface area contributed by atoms with E-state index in [1.807, 2.05) is 0 Å². The molecule has 0 amide bonds. The maximum atomic E-state index is 2.73. The van der Waals surface area contributed by atoms with Gasteiger partial charge in [-0.25, -0.2) is 0 Å². The zero-order valence-corrected chi connectivity index (χ0v) is 16.0. The average Bonchev–Trinajstić information content (AvgIpc) is 2.77. The van der Waals surface area contributed by atoms with Gasteiger partial charge in [0.2, 0.25) is 0 Å². The molecular formula is C23H36. The van der Waals surface area contributed by atoms with Gasteiger partial charge < -0.3 is 0 Å². The first-order valence-electron chi connectivity index (χ1n) is 10.3. The summed E-state index contributed by atoms with van der Waals surface area (Å²) in [6.07, 6.45) is 15.3. The van der Waals surface area contributed by atoms with E-state index in [-0.39, 0.29) is 0 Å². The maximum Gasteiger partial charge on any atom is -0.00419 e. The standard InChI is InChI=1S/C23H36/c1-6-18-16(3)14-21-17-13-15(2)19-9-7-8-11-22(19,4)20(17)10-12-23(18,21)5/h9,13,16-18,20-21H,6-8,10-12,14H2,1-5H3/t16-,17-,18-,20+,21+,22+,23-/m1/s1. The number of rotatable bonds is 1. The Hall–Kier alpha value is -0.520. The van der Waals surface area contributed by atoms with E-state index in [0.717, 1.165) is 29.6 Å². The van der Waals surface area contributed by atoms with Gasteiger partial charge in [0.25, 0.3) is 0 Å². The van der Waals surface area contributed by atoms with Crippen molar-refractivity contribution in [3.63, 3.8) is 0 Å². The Kier molecular flexibility index (Phi) is 3.64. The number of fused-ring (bicyclic) bond motifs is 5. The highest BCUT2D eigenvalue weighted by Gasteiger charge is 2.59. The van der Waals surface area contributed by atoms with Crippen LogP contribution in [0.5, 0.6) is 0 Å². The van der Waals surface area contributed by atoms with Crippen molar-refractivity contribution >= 4 is 0 Å². The van der Waals surface area contributed by atoms with Gasteiger partial charge in [0.1, 0.15) is 0 Å². The van der Waals surface area contributed by atoms with E-state index >= 15 is 0 Å². The summed E-state index contributed by atoms with van der Waals surface area (Å²) in [5.74, 6) is 4.60. The quantitative estimate of drug-likeness (QED) is 0.500. The molecular weight excluding hydrogens is 276 g/mol. The Bertz CT molecular complexity index is 552. The molecule has 4 aliphatic carbocycles. The minimum atomic E-state index is 0.483. The van der Waals surface area contributed by atoms with Crippen molar-refractivity contribution in [3.8, 4) is 0 Å². The molecule has 2 saturated carbocycles. The molecule has 0 bridgehead atoms. The second-order valence-corrected chi connectivity index (χ2v) is 9.84. The van der Waals surface area contributed by atoms with Crippen LogP contribution in [0.15, 0.2) is 23.3 Å². The van der Waals surface area contributed by atoms with Crippen molar-refractivity contribution in [1.82, 2.24) is 0 Å². The average molecular weight is 313 g/mol. The van der Waals surface area contributed by atoms with Crippen LogP contribution < -0.4 is 0 Å². The van der Waals surface area contributed by atoms with E-state index in [2.05, 4.69) is 46.8 Å². The second kappa shape index (κ2) is 5.24. The smallest absolute Gasteiger partial charge is 0.00419 e. The highest BCUT2D eigenvalue weighted by Crippen LogP contribution is 2.67. The fraction of sp³-hybridized carbons (Fsp3) is 0.826. The highest BCUT2D eigenvalue weighted by atomic mass is 14.6. The largest absolute Gasteiger partial charge is 0.0805 e. The summed E-state index contributed by atoms with van der Waals surface area (Å²) in [5, 5.41) is 0. The molecule has 128 valence electrons. The Balaban J connectivity index is 1.77. The van der Waals surface area contributed by atoms with Crippen LogP contribution in [0.1, 0.15) is 79.6 Å². The third-order valence-electron chi connectivity index (χ3n) is 8.92. The zero-order chi connectivity index (χ0) is 16.4. The third-order valence-corrected chi connectivity index (χ3v) is 8.92. The van der Waals surface area contributed by atoms with Crippen LogP contribution in [0.3, 0.4) is 0 Å². The molecule has 0 radical (unpaired) electrons. The van der Waals surface area contributed by atoms with Crippen LogP contribution in [0.2, 0.25) is 0 Å². The highest BCUT2D eigenvalue weighted by molar-refractivity contribution is 5.41. The normalized spacial score (nSPS) is 52.1. The van der Waals surface area contributed by atoms with Crippen LogP contribution in [-0.2, 0) is 0 Å². The lowest BCUT2D eigenvalue weighted by atomic mass is 9.47. The van der Waals surface area contributed by atoms with Crippen molar-refractivity contribution in [1.29, 1.82) is 0 Å². The SMILES string of the molecule is CC[C@@H]1[C@H](C)C[C@H]2[C@@H]3C=C(C)C4=CCCC[C@]4(C)[C@H]3CC[C@]12C. The lowest BCUT2D eigenvalue weighted by molar-refractivity contribution is -0.0179. The second-order valence-electron chi connectivity index (χ2n) is 9.84. The van der Waals surface area contributed by atoms with Gasteiger partial charge in [0.05, 0.1) is 0 Å². The lowest BCUT2D eigenvalue weighted by Gasteiger charge is -2.57.